The Morgan fingerprint density at radius 3 is 2.74 bits per heavy atom. The quantitative estimate of drug-likeness (QED) is 0.745. The Morgan fingerprint density at radius 1 is 1.17 bits per heavy atom. The zero-order valence-electron chi connectivity index (χ0n) is 12.7. The Balaban J connectivity index is 1.75. The van der Waals surface area contributed by atoms with Crippen LogP contribution < -0.4 is 15.4 Å². The van der Waals surface area contributed by atoms with Gasteiger partial charge in [0.15, 0.2) is 0 Å². The van der Waals surface area contributed by atoms with E-state index < -0.39 is 0 Å². The van der Waals surface area contributed by atoms with Crippen LogP contribution in [0.25, 0.3) is 0 Å². The van der Waals surface area contributed by atoms with Gasteiger partial charge in [0.1, 0.15) is 5.75 Å². The van der Waals surface area contributed by atoms with Crippen molar-refractivity contribution in [3.63, 3.8) is 0 Å². The van der Waals surface area contributed by atoms with Gasteiger partial charge >= 0.3 is 0 Å². The number of hydrogen-bond donors (Lipinski definition) is 2. The topological polar surface area (TPSA) is 50.4 Å². The van der Waals surface area contributed by atoms with E-state index in [1.807, 2.05) is 24.3 Å². The third-order valence-corrected chi connectivity index (χ3v) is 4.05. The maximum atomic E-state index is 11.9. The molecule has 1 amide bonds. The summed E-state index contributed by atoms with van der Waals surface area (Å²) in [5.41, 5.74) is 1.66. The van der Waals surface area contributed by atoms with E-state index in [2.05, 4.69) is 10.6 Å². The van der Waals surface area contributed by atoms with Gasteiger partial charge in [-0.05, 0) is 42.8 Å². The highest BCUT2D eigenvalue weighted by molar-refractivity contribution is 6.43. The molecule has 0 saturated heterocycles. The van der Waals surface area contributed by atoms with Gasteiger partial charge in [-0.15, -0.1) is 0 Å². The molecule has 0 fully saturated rings. The number of rotatable bonds is 7. The molecule has 0 spiro atoms. The molecule has 0 aliphatic rings. The second-order valence-corrected chi connectivity index (χ2v) is 5.71. The van der Waals surface area contributed by atoms with Crippen molar-refractivity contribution in [1.29, 1.82) is 0 Å². The van der Waals surface area contributed by atoms with Gasteiger partial charge in [0.25, 0.3) is 0 Å². The second kappa shape index (κ2) is 8.77. The SMILES string of the molecule is COc1cccc(CCNCC(=O)Nc2cccc(Cl)c2Cl)c1. The van der Waals surface area contributed by atoms with Crippen LogP contribution in [-0.2, 0) is 11.2 Å². The third kappa shape index (κ3) is 5.43. The maximum absolute atomic E-state index is 11.9. The van der Waals surface area contributed by atoms with Gasteiger partial charge < -0.3 is 15.4 Å². The first-order chi connectivity index (χ1) is 11.1. The standard InChI is InChI=1S/C17H18Cl2N2O2/c1-23-13-5-2-4-12(10-13)8-9-20-11-16(22)21-15-7-3-6-14(18)17(15)19/h2-7,10,20H,8-9,11H2,1H3,(H,21,22). The van der Waals surface area contributed by atoms with E-state index in [0.29, 0.717) is 22.3 Å². The van der Waals surface area contributed by atoms with Crippen molar-refractivity contribution in [2.75, 3.05) is 25.5 Å². The number of ether oxygens (including phenoxy) is 1. The van der Waals surface area contributed by atoms with Gasteiger partial charge in [-0.3, -0.25) is 4.79 Å². The minimum absolute atomic E-state index is 0.167. The third-order valence-electron chi connectivity index (χ3n) is 3.24. The summed E-state index contributed by atoms with van der Waals surface area (Å²) >= 11 is 11.9. The number of carbonyl (C=O) groups is 1. The van der Waals surface area contributed by atoms with Crippen LogP contribution in [0.15, 0.2) is 42.5 Å². The van der Waals surface area contributed by atoms with Crippen LogP contribution >= 0.6 is 23.2 Å². The summed E-state index contributed by atoms with van der Waals surface area (Å²) in [6.45, 7) is 0.886. The van der Waals surface area contributed by atoms with E-state index in [-0.39, 0.29) is 12.5 Å². The van der Waals surface area contributed by atoms with Crippen LogP contribution in [0.5, 0.6) is 5.75 Å². The number of carbonyl (C=O) groups excluding carboxylic acids is 1. The lowest BCUT2D eigenvalue weighted by Crippen LogP contribution is -2.29. The highest BCUT2D eigenvalue weighted by Crippen LogP contribution is 2.29. The molecule has 2 rings (SSSR count). The summed E-state index contributed by atoms with van der Waals surface area (Å²) in [6.07, 6.45) is 0.808. The Hall–Kier alpha value is -1.75. The Labute approximate surface area is 145 Å². The zero-order chi connectivity index (χ0) is 16.7. The predicted molar refractivity (Wildman–Crippen MR) is 94.7 cm³/mol. The fourth-order valence-electron chi connectivity index (χ4n) is 2.06. The molecule has 122 valence electrons. The van der Waals surface area contributed by atoms with E-state index in [1.54, 1.807) is 25.3 Å². The molecule has 0 unspecified atom stereocenters. The van der Waals surface area contributed by atoms with Gasteiger partial charge in [-0.25, -0.2) is 0 Å². The normalized spacial score (nSPS) is 10.4. The molecule has 0 aliphatic carbocycles. The molecule has 0 atom stereocenters. The van der Waals surface area contributed by atoms with Crippen molar-refractivity contribution in [2.24, 2.45) is 0 Å². The number of anilines is 1. The van der Waals surface area contributed by atoms with Crippen molar-refractivity contribution in [3.8, 4) is 5.75 Å². The fourth-order valence-corrected chi connectivity index (χ4v) is 2.41. The molecule has 0 aromatic heterocycles. The van der Waals surface area contributed by atoms with E-state index >= 15 is 0 Å². The average molecular weight is 353 g/mol. The van der Waals surface area contributed by atoms with E-state index in [1.165, 1.54) is 0 Å². The summed E-state index contributed by atoms with van der Waals surface area (Å²) in [5.74, 6) is 0.663. The van der Waals surface area contributed by atoms with Crippen LogP contribution in [-0.4, -0.2) is 26.1 Å². The predicted octanol–water partition coefficient (Wildman–Crippen LogP) is 3.77. The van der Waals surface area contributed by atoms with Crippen molar-refractivity contribution in [2.45, 2.75) is 6.42 Å². The molecule has 4 nitrogen and oxygen atoms in total. The molecule has 2 aromatic rings. The van der Waals surface area contributed by atoms with E-state index in [4.69, 9.17) is 27.9 Å². The lowest BCUT2D eigenvalue weighted by molar-refractivity contribution is -0.115. The fraction of sp³-hybridized carbons (Fsp3) is 0.235. The van der Waals surface area contributed by atoms with Crippen molar-refractivity contribution in [1.82, 2.24) is 5.32 Å². The largest absolute Gasteiger partial charge is 0.497 e. The molecule has 0 saturated carbocycles. The molecule has 0 aliphatic heterocycles. The average Bonchev–Trinajstić information content (AvgIpc) is 2.56. The van der Waals surface area contributed by atoms with Crippen LogP contribution in [0.4, 0.5) is 5.69 Å². The molecule has 6 heteroatoms. The second-order valence-electron chi connectivity index (χ2n) is 4.93. The van der Waals surface area contributed by atoms with Crippen LogP contribution in [0.1, 0.15) is 5.56 Å². The smallest absolute Gasteiger partial charge is 0.238 e. The van der Waals surface area contributed by atoms with Crippen molar-refractivity contribution >= 4 is 34.8 Å². The van der Waals surface area contributed by atoms with Gasteiger partial charge in [0, 0.05) is 0 Å². The van der Waals surface area contributed by atoms with Gasteiger partial charge in [0.05, 0.1) is 29.4 Å². The number of hydrogen-bond acceptors (Lipinski definition) is 3. The van der Waals surface area contributed by atoms with Crippen LogP contribution in [0.2, 0.25) is 10.0 Å². The lowest BCUT2D eigenvalue weighted by Gasteiger charge is -2.09. The molecule has 23 heavy (non-hydrogen) atoms. The summed E-state index contributed by atoms with van der Waals surface area (Å²) in [5, 5.41) is 6.59. The highest BCUT2D eigenvalue weighted by atomic mass is 35.5. The van der Waals surface area contributed by atoms with Gasteiger partial charge in [0.2, 0.25) is 5.91 Å². The Kier molecular flexibility index (Phi) is 6.71. The number of methoxy groups -OCH3 is 1. The first kappa shape index (κ1) is 17.6. The number of halogens is 2. The maximum Gasteiger partial charge on any atom is 0.238 e. The molecule has 2 aromatic carbocycles. The first-order valence-corrected chi connectivity index (χ1v) is 7.93. The van der Waals surface area contributed by atoms with E-state index in [0.717, 1.165) is 17.7 Å². The summed E-state index contributed by atoms with van der Waals surface area (Å²) < 4.78 is 5.18. The molecular weight excluding hydrogens is 335 g/mol. The Morgan fingerprint density at radius 2 is 1.96 bits per heavy atom. The number of nitrogens with one attached hydrogen (secondary N) is 2. The van der Waals surface area contributed by atoms with Gasteiger partial charge in [-0.2, -0.15) is 0 Å². The highest BCUT2D eigenvalue weighted by Gasteiger charge is 2.07. The number of amides is 1. The minimum Gasteiger partial charge on any atom is -0.497 e. The van der Waals surface area contributed by atoms with Crippen molar-refractivity contribution < 1.29 is 9.53 Å². The molecular formula is C17H18Cl2N2O2. The van der Waals surface area contributed by atoms with E-state index in [9.17, 15) is 4.79 Å². The molecule has 0 radical (unpaired) electrons. The zero-order valence-corrected chi connectivity index (χ0v) is 14.2. The summed E-state index contributed by atoms with van der Waals surface area (Å²) in [6, 6.07) is 13.0. The number of benzene rings is 2. The molecule has 2 N–H and O–H groups in total. The summed E-state index contributed by atoms with van der Waals surface area (Å²) in [7, 11) is 1.64. The van der Waals surface area contributed by atoms with Crippen LogP contribution in [0, 0.1) is 0 Å². The summed E-state index contributed by atoms with van der Waals surface area (Å²) in [4.78, 5) is 11.9. The molecule has 0 heterocycles. The first-order valence-electron chi connectivity index (χ1n) is 7.17. The lowest BCUT2D eigenvalue weighted by atomic mass is 10.1. The van der Waals surface area contributed by atoms with Gasteiger partial charge in [-0.1, -0.05) is 41.4 Å². The Bertz CT molecular complexity index is 677. The van der Waals surface area contributed by atoms with Crippen LogP contribution in [0.3, 0.4) is 0 Å². The minimum atomic E-state index is -0.167. The molecule has 0 bridgehead atoms. The monoisotopic (exact) mass is 352 g/mol. The van der Waals surface area contributed by atoms with Crippen molar-refractivity contribution in [3.05, 3.63) is 58.1 Å².